The second kappa shape index (κ2) is 2.80. The van der Waals surface area contributed by atoms with Gasteiger partial charge in [-0.05, 0) is 16.8 Å². The summed E-state index contributed by atoms with van der Waals surface area (Å²) in [7, 11) is 0. The molecule has 0 unspecified atom stereocenters. The maximum atomic E-state index is 10.5. The van der Waals surface area contributed by atoms with Crippen LogP contribution in [0.5, 0.6) is 5.88 Å². The lowest BCUT2D eigenvalue weighted by Crippen LogP contribution is -1.83. The minimum atomic E-state index is -0.180. The zero-order valence-electron chi connectivity index (χ0n) is 7.78. The molecule has 0 spiro atoms. The Kier molecular flexibility index (Phi) is 1.58. The van der Waals surface area contributed by atoms with Crippen LogP contribution in [0.15, 0.2) is 17.3 Å². The van der Waals surface area contributed by atoms with Gasteiger partial charge in [-0.25, -0.2) is 0 Å². The fourth-order valence-electron chi connectivity index (χ4n) is 1.99. The predicted molar refractivity (Wildman–Crippen MR) is 53.9 cm³/mol. The van der Waals surface area contributed by atoms with Crippen molar-refractivity contribution in [3.63, 3.8) is 0 Å². The molecule has 1 aromatic heterocycles. The van der Waals surface area contributed by atoms with Crippen LogP contribution in [0.3, 0.4) is 0 Å². The smallest absolute Gasteiger partial charge is 0.219 e. The van der Waals surface area contributed by atoms with Crippen molar-refractivity contribution in [3.05, 3.63) is 28.2 Å². The first-order valence-corrected chi connectivity index (χ1v) is 4.57. The standard InChI is InChI=1S/C10H8N2O3/c13-10-9(12-14)6-2-1-5-3-15-4-7(5)8(6)11-10/h1-2,11,13H,3-4H2. The third-order valence-corrected chi connectivity index (χ3v) is 2.73. The normalized spacial score (nSPS) is 14.4. The van der Waals surface area contributed by atoms with Crippen LogP contribution in [0.25, 0.3) is 10.9 Å². The Labute approximate surface area is 84.6 Å². The van der Waals surface area contributed by atoms with E-state index in [-0.39, 0.29) is 11.6 Å². The van der Waals surface area contributed by atoms with E-state index in [9.17, 15) is 10.0 Å². The topological polar surface area (TPSA) is 74.7 Å². The fraction of sp³-hybridized carbons (Fsp3) is 0.200. The van der Waals surface area contributed by atoms with E-state index in [1.54, 1.807) is 6.07 Å². The Bertz CT molecular complexity index is 559. The van der Waals surface area contributed by atoms with E-state index in [1.807, 2.05) is 6.07 Å². The summed E-state index contributed by atoms with van der Waals surface area (Å²) in [4.78, 5) is 13.3. The number of hydrogen-bond donors (Lipinski definition) is 2. The lowest BCUT2D eigenvalue weighted by Gasteiger charge is -1.97. The van der Waals surface area contributed by atoms with Crippen LogP contribution >= 0.6 is 0 Å². The third-order valence-electron chi connectivity index (χ3n) is 2.73. The van der Waals surface area contributed by atoms with E-state index in [0.29, 0.717) is 18.6 Å². The first-order chi connectivity index (χ1) is 7.31. The highest BCUT2D eigenvalue weighted by molar-refractivity contribution is 5.96. The highest BCUT2D eigenvalue weighted by Gasteiger charge is 2.19. The summed E-state index contributed by atoms with van der Waals surface area (Å²) >= 11 is 0. The summed E-state index contributed by atoms with van der Waals surface area (Å²) in [6.07, 6.45) is 0. The molecule has 76 valence electrons. The van der Waals surface area contributed by atoms with Crippen LogP contribution < -0.4 is 0 Å². The van der Waals surface area contributed by atoms with Gasteiger partial charge in [-0.15, -0.1) is 4.91 Å². The van der Waals surface area contributed by atoms with Crippen LogP contribution in [-0.4, -0.2) is 10.1 Å². The highest BCUT2D eigenvalue weighted by Crippen LogP contribution is 2.39. The van der Waals surface area contributed by atoms with Gasteiger partial charge in [-0.1, -0.05) is 6.07 Å². The van der Waals surface area contributed by atoms with Crippen molar-refractivity contribution in [1.29, 1.82) is 0 Å². The molecule has 0 bridgehead atoms. The second-order valence-electron chi connectivity index (χ2n) is 3.53. The van der Waals surface area contributed by atoms with Crippen LogP contribution in [-0.2, 0) is 18.0 Å². The molecular formula is C10H8N2O3. The molecule has 0 aliphatic carbocycles. The van der Waals surface area contributed by atoms with Gasteiger partial charge in [-0.2, -0.15) is 0 Å². The van der Waals surface area contributed by atoms with E-state index in [0.717, 1.165) is 16.6 Å². The van der Waals surface area contributed by atoms with Crippen molar-refractivity contribution in [2.24, 2.45) is 5.18 Å². The average Bonchev–Trinajstić information content (AvgIpc) is 2.79. The van der Waals surface area contributed by atoms with E-state index in [2.05, 4.69) is 10.2 Å². The summed E-state index contributed by atoms with van der Waals surface area (Å²) < 4.78 is 5.30. The summed E-state index contributed by atoms with van der Waals surface area (Å²) in [5.74, 6) is -0.180. The Hall–Kier alpha value is -1.88. The minimum Gasteiger partial charge on any atom is -0.493 e. The van der Waals surface area contributed by atoms with E-state index in [1.165, 1.54) is 0 Å². The fourth-order valence-corrected chi connectivity index (χ4v) is 1.99. The van der Waals surface area contributed by atoms with Crippen LogP contribution in [0.2, 0.25) is 0 Å². The maximum absolute atomic E-state index is 10.5. The quantitative estimate of drug-likeness (QED) is 0.700. The molecule has 0 saturated carbocycles. The molecule has 0 atom stereocenters. The van der Waals surface area contributed by atoms with Crippen molar-refractivity contribution in [1.82, 2.24) is 4.98 Å². The largest absolute Gasteiger partial charge is 0.493 e. The first-order valence-electron chi connectivity index (χ1n) is 4.57. The molecule has 3 rings (SSSR count). The van der Waals surface area contributed by atoms with Gasteiger partial charge in [0.25, 0.3) is 0 Å². The molecule has 2 heterocycles. The Balaban J connectivity index is 2.43. The average molecular weight is 204 g/mol. The molecule has 5 heteroatoms. The number of fused-ring (bicyclic) bond motifs is 3. The van der Waals surface area contributed by atoms with Crippen molar-refractivity contribution < 1.29 is 9.84 Å². The lowest BCUT2D eigenvalue weighted by atomic mass is 10.1. The third kappa shape index (κ3) is 1.01. The van der Waals surface area contributed by atoms with Crippen molar-refractivity contribution in [2.45, 2.75) is 13.2 Å². The number of hydrogen-bond acceptors (Lipinski definition) is 4. The number of benzene rings is 1. The Morgan fingerprint density at radius 2 is 2.27 bits per heavy atom. The monoisotopic (exact) mass is 204 g/mol. The summed E-state index contributed by atoms with van der Waals surface area (Å²) in [6, 6.07) is 3.67. The molecule has 0 fully saturated rings. The number of nitrogens with zero attached hydrogens (tertiary/aromatic N) is 1. The molecule has 1 aliphatic rings. The molecule has 2 N–H and O–H groups in total. The van der Waals surface area contributed by atoms with E-state index < -0.39 is 0 Å². The number of rotatable bonds is 1. The number of H-pyrrole nitrogens is 1. The van der Waals surface area contributed by atoms with Gasteiger partial charge in [0.15, 0.2) is 5.69 Å². The highest BCUT2D eigenvalue weighted by atomic mass is 16.5. The van der Waals surface area contributed by atoms with Gasteiger partial charge in [0.05, 0.1) is 18.7 Å². The number of nitroso groups, excluding NO2 is 1. The van der Waals surface area contributed by atoms with Gasteiger partial charge in [-0.3, -0.25) is 0 Å². The lowest BCUT2D eigenvalue weighted by molar-refractivity contribution is 0.135. The SMILES string of the molecule is O=Nc1c(O)[nH]c2c3c(ccc12)COC3. The van der Waals surface area contributed by atoms with E-state index in [4.69, 9.17) is 4.74 Å². The molecule has 0 amide bonds. The molecule has 5 nitrogen and oxygen atoms in total. The van der Waals surface area contributed by atoms with Gasteiger partial charge in [0.1, 0.15) is 0 Å². The Morgan fingerprint density at radius 1 is 1.40 bits per heavy atom. The summed E-state index contributed by atoms with van der Waals surface area (Å²) in [5.41, 5.74) is 2.90. The number of ether oxygens (including phenoxy) is 1. The van der Waals surface area contributed by atoms with Gasteiger partial charge >= 0.3 is 0 Å². The van der Waals surface area contributed by atoms with Gasteiger partial charge in [0, 0.05) is 10.9 Å². The van der Waals surface area contributed by atoms with Crippen LogP contribution in [0.4, 0.5) is 5.69 Å². The maximum Gasteiger partial charge on any atom is 0.219 e. The molecular weight excluding hydrogens is 196 g/mol. The number of nitrogens with one attached hydrogen (secondary N) is 1. The minimum absolute atomic E-state index is 0.0692. The molecule has 15 heavy (non-hydrogen) atoms. The van der Waals surface area contributed by atoms with Crippen LogP contribution in [0, 0.1) is 4.91 Å². The molecule has 1 aromatic carbocycles. The summed E-state index contributed by atoms with van der Waals surface area (Å²) in [5, 5.41) is 12.9. The number of aromatic amines is 1. The number of aromatic nitrogens is 1. The molecule has 0 saturated heterocycles. The van der Waals surface area contributed by atoms with Crippen molar-refractivity contribution >= 4 is 16.6 Å². The molecule has 1 aliphatic heterocycles. The van der Waals surface area contributed by atoms with Gasteiger partial charge in [0.2, 0.25) is 5.88 Å². The zero-order valence-corrected chi connectivity index (χ0v) is 7.78. The zero-order chi connectivity index (χ0) is 10.4. The van der Waals surface area contributed by atoms with E-state index >= 15 is 0 Å². The number of aromatic hydroxyl groups is 1. The second-order valence-corrected chi connectivity index (χ2v) is 3.53. The van der Waals surface area contributed by atoms with Gasteiger partial charge < -0.3 is 14.8 Å². The molecule has 2 aromatic rings. The summed E-state index contributed by atoms with van der Waals surface area (Å²) in [6.45, 7) is 1.08. The van der Waals surface area contributed by atoms with Crippen LogP contribution in [0.1, 0.15) is 11.1 Å². The molecule has 0 radical (unpaired) electrons. The van der Waals surface area contributed by atoms with Crippen molar-refractivity contribution in [3.8, 4) is 5.88 Å². The van der Waals surface area contributed by atoms with Crippen molar-refractivity contribution in [2.75, 3.05) is 0 Å². The predicted octanol–water partition coefficient (Wildman–Crippen LogP) is 2.30. The first kappa shape index (κ1) is 8.43. The Morgan fingerprint density at radius 3 is 3.07 bits per heavy atom.